The Morgan fingerprint density at radius 3 is 1.91 bits per heavy atom. The minimum atomic E-state index is 0.0926. The molecule has 5 nitrogen and oxygen atoms in total. The van der Waals surface area contributed by atoms with Crippen LogP contribution in [0.2, 0.25) is 0 Å². The molecule has 0 spiro atoms. The zero-order chi connectivity index (χ0) is 7.94. The van der Waals surface area contributed by atoms with Crippen LogP contribution in [0.4, 0.5) is 0 Å². The number of rotatable bonds is 0. The van der Waals surface area contributed by atoms with Gasteiger partial charge in [-0.3, -0.25) is 10.1 Å². The van der Waals surface area contributed by atoms with Gasteiger partial charge in [-0.2, -0.15) is 0 Å². The van der Waals surface area contributed by atoms with E-state index in [-0.39, 0.29) is 5.91 Å². The third-order valence-corrected chi connectivity index (χ3v) is 1.42. The summed E-state index contributed by atoms with van der Waals surface area (Å²) in [7, 11) is 0. The summed E-state index contributed by atoms with van der Waals surface area (Å²) in [6.45, 7) is 4.40. The van der Waals surface area contributed by atoms with Gasteiger partial charge in [0, 0.05) is 19.8 Å². The summed E-state index contributed by atoms with van der Waals surface area (Å²) in [6, 6.07) is 0. The lowest BCUT2D eigenvalue weighted by Gasteiger charge is -1.78. The first kappa shape index (κ1) is 8.45. The van der Waals surface area contributed by atoms with Gasteiger partial charge in [-0.05, 0) is 0 Å². The number of hydrogen-bond donors (Lipinski definition) is 4. The molecule has 0 radical (unpaired) electrons. The van der Waals surface area contributed by atoms with Gasteiger partial charge < -0.3 is 16.0 Å². The highest BCUT2D eigenvalue weighted by Gasteiger charge is 2.03. The molecule has 0 unspecified atom stereocenters. The number of amides is 1. The lowest BCUT2D eigenvalue weighted by atomic mass is 10.7. The largest absolute Gasteiger partial charge is 0.342 e. The molecule has 2 aliphatic rings. The molecule has 2 saturated heterocycles. The molecule has 0 aliphatic carbocycles. The monoisotopic (exact) mass is 158 g/mol. The Bertz CT molecular complexity index is 108. The number of hydrogen-bond acceptors (Lipinski definition) is 4. The Hall–Kier alpha value is -0.650. The van der Waals surface area contributed by atoms with Crippen molar-refractivity contribution in [3.8, 4) is 0 Å². The maximum atomic E-state index is 10.1. The van der Waals surface area contributed by atoms with Crippen LogP contribution in [0, 0.1) is 0 Å². The normalized spacial score (nSPS) is 22.4. The van der Waals surface area contributed by atoms with Crippen LogP contribution in [0.3, 0.4) is 0 Å². The highest BCUT2D eigenvalue weighted by molar-refractivity contribution is 5.79. The third kappa shape index (κ3) is 3.92. The van der Waals surface area contributed by atoms with Crippen LogP contribution in [0.15, 0.2) is 0 Å². The average molecular weight is 158 g/mol. The second-order valence-electron chi connectivity index (χ2n) is 2.38. The third-order valence-electron chi connectivity index (χ3n) is 1.42. The Balaban J connectivity index is 0.000000112. The Morgan fingerprint density at radius 2 is 1.73 bits per heavy atom. The van der Waals surface area contributed by atoms with Gasteiger partial charge in [0.2, 0.25) is 5.91 Å². The quantitative estimate of drug-likeness (QED) is 0.323. The Morgan fingerprint density at radius 1 is 1.00 bits per heavy atom. The zero-order valence-electron chi connectivity index (χ0n) is 6.44. The molecule has 4 N–H and O–H groups in total. The van der Waals surface area contributed by atoms with E-state index in [1.54, 1.807) is 0 Å². The molecule has 2 heterocycles. The van der Waals surface area contributed by atoms with E-state index in [9.17, 15) is 4.79 Å². The summed E-state index contributed by atoms with van der Waals surface area (Å²) in [5.74, 6) is 0.0926. The van der Waals surface area contributed by atoms with Crippen molar-refractivity contribution in [2.45, 2.75) is 0 Å². The summed E-state index contributed by atoms with van der Waals surface area (Å²) in [4.78, 5) is 10.1. The number of carbonyl (C=O) groups is 1. The van der Waals surface area contributed by atoms with Crippen LogP contribution >= 0.6 is 0 Å². The van der Waals surface area contributed by atoms with Crippen molar-refractivity contribution in [3.63, 3.8) is 0 Å². The van der Waals surface area contributed by atoms with Crippen molar-refractivity contribution in [1.82, 2.24) is 21.3 Å². The molecule has 0 aromatic carbocycles. The highest BCUT2D eigenvalue weighted by atomic mass is 16.2. The molecule has 0 bridgehead atoms. The van der Waals surface area contributed by atoms with Gasteiger partial charge in [0.1, 0.15) is 0 Å². The second-order valence-corrected chi connectivity index (χ2v) is 2.38. The smallest absolute Gasteiger partial charge is 0.235 e. The lowest BCUT2D eigenvalue weighted by Crippen LogP contribution is -2.14. The molecule has 0 aromatic heterocycles. The number of nitrogens with one attached hydrogen (secondary N) is 4. The van der Waals surface area contributed by atoms with Crippen molar-refractivity contribution in [2.24, 2.45) is 0 Å². The van der Waals surface area contributed by atoms with Gasteiger partial charge in [0.15, 0.2) is 0 Å². The molecular formula is C6H14N4O. The minimum absolute atomic E-state index is 0.0926. The average Bonchev–Trinajstić information content (AvgIpc) is 2.57. The van der Waals surface area contributed by atoms with E-state index in [4.69, 9.17) is 0 Å². The van der Waals surface area contributed by atoms with E-state index >= 15 is 0 Å². The first-order chi connectivity index (χ1) is 5.39. The molecule has 0 atom stereocenters. The van der Waals surface area contributed by atoms with Crippen LogP contribution in [-0.4, -0.2) is 38.9 Å². The van der Waals surface area contributed by atoms with E-state index in [0.29, 0.717) is 13.2 Å². The van der Waals surface area contributed by atoms with Crippen LogP contribution < -0.4 is 21.3 Å². The Labute approximate surface area is 65.9 Å². The summed E-state index contributed by atoms with van der Waals surface area (Å²) < 4.78 is 0. The minimum Gasteiger partial charge on any atom is -0.342 e. The second kappa shape index (κ2) is 5.06. The fourth-order valence-electron chi connectivity index (χ4n) is 0.842. The fourth-order valence-corrected chi connectivity index (χ4v) is 0.842. The van der Waals surface area contributed by atoms with E-state index in [0.717, 1.165) is 19.8 Å². The van der Waals surface area contributed by atoms with Gasteiger partial charge in [0.25, 0.3) is 0 Å². The number of carbonyl (C=O) groups excluding carboxylic acids is 1. The summed E-state index contributed by atoms with van der Waals surface area (Å²) in [5.41, 5.74) is 0. The van der Waals surface area contributed by atoms with Gasteiger partial charge in [-0.25, -0.2) is 0 Å². The van der Waals surface area contributed by atoms with E-state index in [1.165, 1.54) is 0 Å². The topological polar surface area (TPSA) is 65.2 Å². The molecule has 2 aliphatic heterocycles. The summed E-state index contributed by atoms with van der Waals surface area (Å²) >= 11 is 0. The van der Waals surface area contributed by atoms with Gasteiger partial charge in [-0.1, -0.05) is 0 Å². The maximum absolute atomic E-state index is 10.1. The van der Waals surface area contributed by atoms with Crippen LogP contribution in [0.1, 0.15) is 0 Å². The maximum Gasteiger partial charge on any atom is 0.235 e. The molecule has 2 fully saturated rings. The van der Waals surface area contributed by atoms with Crippen molar-refractivity contribution >= 4 is 5.91 Å². The van der Waals surface area contributed by atoms with E-state index in [2.05, 4.69) is 21.3 Å². The molecule has 1 amide bonds. The molecule has 11 heavy (non-hydrogen) atoms. The van der Waals surface area contributed by atoms with E-state index < -0.39 is 0 Å². The van der Waals surface area contributed by atoms with Crippen molar-refractivity contribution in [1.29, 1.82) is 0 Å². The molecular weight excluding hydrogens is 144 g/mol. The van der Waals surface area contributed by atoms with E-state index in [1.807, 2.05) is 0 Å². The molecule has 0 saturated carbocycles. The van der Waals surface area contributed by atoms with Crippen LogP contribution in [0.25, 0.3) is 0 Å². The molecule has 5 heteroatoms. The molecule has 2 rings (SSSR count). The van der Waals surface area contributed by atoms with Gasteiger partial charge >= 0.3 is 0 Å². The van der Waals surface area contributed by atoms with Crippen molar-refractivity contribution in [3.05, 3.63) is 0 Å². The molecule has 64 valence electrons. The fraction of sp³-hybridized carbons (Fsp3) is 0.833. The molecule has 0 aromatic rings. The SMILES string of the molecule is C1CNCN1.O=C1CNCN1. The van der Waals surface area contributed by atoms with Crippen molar-refractivity contribution < 1.29 is 4.79 Å². The van der Waals surface area contributed by atoms with Crippen LogP contribution in [-0.2, 0) is 4.79 Å². The van der Waals surface area contributed by atoms with Crippen molar-refractivity contribution in [2.75, 3.05) is 33.0 Å². The summed E-state index contributed by atoms with van der Waals surface area (Å²) in [6.07, 6.45) is 0. The van der Waals surface area contributed by atoms with Gasteiger partial charge in [-0.15, -0.1) is 0 Å². The van der Waals surface area contributed by atoms with Gasteiger partial charge in [0.05, 0.1) is 13.2 Å². The predicted molar refractivity (Wildman–Crippen MR) is 41.9 cm³/mol. The predicted octanol–water partition coefficient (Wildman–Crippen LogP) is -2.20. The highest BCUT2D eigenvalue weighted by Crippen LogP contribution is 1.67. The Kier molecular flexibility index (Phi) is 3.89. The summed E-state index contributed by atoms with van der Waals surface area (Å²) in [5, 5.41) is 11.6. The first-order valence-electron chi connectivity index (χ1n) is 3.78. The lowest BCUT2D eigenvalue weighted by molar-refractivity contribution is -0.118. The van der Waals surface area contributed by atoms with Crippen LogP contribution in [0.5, 0.6) is 0 Å². The standard InChI is InChI=1S/C3H6N2O.C3H8N2/c6-3-1-4-2-5-3;1-2-5-3-4-1/h4H,1-2H2,(H,5,6);4-5H,1-3H2. The first-order valence-corrected chi connectivity index (χ1v) is 3.78. The zero-order valence-corrected chi connectivity index (χ0v) is 6.44.